The van der Waals surface area contributed by atoms with Crippen molar-refractivity contribution in [1.82, 2.24) is 0 Å². The second-order valence-corrected chi connectivity index (χ2v) is 7.88. The number of fused-ring (bicyclic) bond motifs is 1. The maximum Gasteiger partial charge on any atom is 0.343 e. The summed E-state index contributed by atoms with van der Waals surface area (Å²) in [6.07, 6.45) is 0. The molecule has 0 N–H and O–H groups in total. The highest BCUT2D eigenvalue weighted by Gasteiger charge is 2.23. The molecule has 0 radical (unpaired) electrons. The molecule has 31 heavy (non-hydrogen) atoms. The molecule has 0 bridgehead atoms. The van der Waals surface area contributed by atoms with Gasteiger partial charge in [-0.2, -0.15) is 0 Å². The Hall–Kier alpha value is -3.28. The van der Waals surface area contributed by atoms with Crippen LogP contribution in [0.2, 0.25) is 10.0 Å². The summed E-state index contributed by atoms with van der Waals surface area (Å²) in [5, 5.41) is 0.919. The summed E-state index contributed by atoms with van der Waals surface area (Å²) in [5.41, 5.74) is 1.44. The predicted octanol–water partition coefficient (Wildman–Crippen LogP) is 6.05. The quantitative estimate of drug-likeness (QED) is 0.351. The first-order chi connectivity index (χ1) is 14.8. The Morgan fingerprint density at radius 1 is 0.968 bits per heavy atom. The van der Waals surface area contributed by atoms with Crippen molar-refractivity contribution in [3.8, 4) is 17.1 Å². The molecule has 0 aliphatic heterocycles. The number of rotatable bonds is 4. The number of nitrogens with zero attached hydrogens (tertiary/aromatic N) is 1. The zero-order valence-electron chi connectivity index (χ0n) is 16.7. The maximum atomic E-state index is 13.3. The zero-order chi connectivity index (χ0) is 22.1. The Bertz CT molecular complexity index is 1340. The Morgan fingerprint density at radius 3 is 2.35 bits per heavy atom. The summed E-state index contributed by atoms with van der Waals surface area (Å²) in [7, 11) is 3.79. The maximum absolute atomic E-state index is 13.3. The molecule has 0 aliphatic rings. The minimum absolute atomic E-state index is 0.0729. The molecule has 0 aliphatic carbocycles. The fourth-order valence-corrected chi connectivity index (χ4v) is 3.51. The van der Waals surface area contributed by atoms with Crippen LogP contribution in [-0.2, 0) is 0 Å². The molecule has 4 rings (SSSR count). The Kier molecular flexibility index (Phi) is 5.72. The van der Waals surface area contributed by atoms with Crippen molar-refractivity contribution < 1.29 is 13.9 Å². The van der Waals surface area contributed by atoms with Gasteiger partial charge in [0.1, 0.15) is 5.58 Å². The predicted molar refractivity (Wildman–Crippen MR) is 124 cm³/mol. The standard InChI is InChI=1S/C24H17Cl2NO4/c1-27(2)16-10-7-14(8-11-16)24(29)31-23-21(28)18-13-15(25)9-12-20(18)30-22(23)17-5-3-4-6-19(17)26/h3-13H,1-2H3. The first kappa shape index (κ1) is 21.0. The van der Waals surface area contributed by atoms with E-state index in [1.54, 1.807) is 60.7 Å². The largest absolute Gasteiger partial charge is 0.452 e. The van der Waals surface area contributed by atoms with Crippen LogP contribution < -0.4 is 15.1 Å². The molecule has 0 saturated heterocycles. The molecule has 0 spiro atoms. The van der Waals surface area contributed by atoms with Crippen molar-refractivity contribution in [2.75, 3.05) is 19.0 Å². The third-order valence-electron chi connectivity index (χ3n) is 4.74. The molecule has 156 valence electrons. The summed E-state index contributed by atoms with van der Waals surface area (Å²) in [5.74, 6) is -0.861. The van der Waals surface area contributed by atoms with Gasteiger partial charge in [-0.3, -0.25) is 4.79 Å². The summed E-state index contributed by atoms with van der Waals surface area (Å²) >= 11 is 12.4. The molecule has 0 amide bonds. The van der Waals surface area contributed by atoms with Gasteiger partial charge in [0.25, 0.3) is 0 Å². The molecule has 3 aromatic carbocycles. The van der Waals surface area contributed by atoms with E-state index in [1.165, 1.54) is 6.07 Å². The lowest BCUT2D eigenvalue weighted by atomic mass is 10.1. The Morgan fingerprint density at radius 2 is 1.68 bits per heavy atom. The van der Waals surface area contributed by atoms with E-state index in [0.717, 1.165) is 5.69 Å². The van der Waals surface area contributed by atoms with Gasteiger partial charge in [0, 0.05) is 30.4 Å². The number of anilines is 1. The molecule has 0 atom stereocenters. The van der Waals surface area contributed by atoms with Crippen LogP contribution >= 0.6 is 23.2 Å². The Labute approximate surface area is 188 Å². The smallest absolute Gasteiger partial charge is 0.343 e. The van der Waals surface area contributed by atoms with E-state index in [2.05, 4.69) is 0 Å². The van der Waals surface area contributed by atoms with Crippen LogP contribution in [0.5, 0.6) is 5.75 Å². The van der Waals surface area contributed by atoms with Crippen LogP contribution in [0.1, 0.15) is 10.4 Å². The first-order valence-electron chi connectivity index (χ1n) is 9.36. The zero-order valence-corrected chi connectivity index (χ0v) is 18.2. The van der Waals surface area contributed by atoms with Gasteiger partial charge in [-0.25, -0.2) is 4.79 Å². The highest BCUT2D eigenvalue weighted by Crippen LogP contribution is 2.36. The van der Waals surface area contributed by atoms with Crippen LogP contribution in [-0.4, -0.2) is 20.1 Å². The van der Waals surface area contributed by atoms with E-state index in [-0.39, 0.29) is 16.9 Å². The number of esters is 1. The van der Waals surface area contributed by atoms with E-state index in [4.69, 9.17) is 32.4 Å². The molecular formula is C24H17Cl2NO4. The van der Waals surface area contributed by atoms with Gasteiger partial charge in [0.05, 0.1) is 16.0 Å². The fourth-order valence-electron chi connectivity index (χ4n) is 3.11. The summed E-state index contributed by atoms with van der Waals surface area (Å²) in [4.78, 5) is 28.0. The third-order valence-corrected chi connectivity index (χ3v) is 5.31. The van der Waals surface area contributed by atoms with E-state index in [1.807, 2.05) is 19.0 Å². The van der Waals surface area contributed by atoms with Crippen LogP contribution in [0.4, 0.5) is 5.69 Å². The van der Waals surface area contributed by atoms with Gasteiger partial charge in [-0.15, -0.1) is 0 Å². The van der Waals surface area contributed by atoms with Gasteiger partial charge in [0.15, 0.2) is 5.76 Å². The van der Waals surface area contributed by atoms with Gasteiger partial charge < -0.3 is 14.1 Å². The Balaban J connectivity index is 1.86. The number of carbonyl (C=O) groups is 1. The molecule has 4 aromatic rings. The second kappa shape index (κ2) is 8.46. The molecule has 0 saturated carbocycles. The normalized spacial score (nSPS) is 10.8. The average Bonchev–Trinajstić information content (AvgIpc) is 2.76. The molecule has 5 nitrogen and oxygen atoms in total. The number of halogens is 2. The lowest BCUT2D eigenvalue weighted by Crippen LogP contribution is -2.16. The third kappa shape index (κ3) is 4.15. The summed E-state index contributed by atoms with van der Waals surface area (Å²) in [6, 6.07) is 18.4. The van der Waals surface area contributed by atoms with E-state index in [9.17, 15) is 9.59 Å². The number of carbonyl (C=O) groups excluding carboxylic acids is 1. The number of ether oxygens (including phenoxy) is 1. The van der Waals surface area contributed by atoms with Crippen LogP contribution in [0.3, 0.4) is 0 Å². The minimum atomic E-state index is -0.688. The molecule has 0 fully saturated rings. The molecule has 1 aromatic heterocycles. The fraction of sp³-hybridized carbons (Fsp3) is 0.0833. The van der Waals surface area contributed by atoms with Gasteiger partial charge in [-0.1, -0.05) is 35.3 Å². The van der Waals surface area contributed by atoms with Crippen molar-refractivity contribution in [2.24, 2.45) is 0 Å². The van der Waals surface area contributed by atoms with E-state index >= 15 is 0 Å². The van der Waals surface area contributed by atoms with Crippen LogP contribution in [0.25, 0.3) is 22.3 Å². The average molecular weight is 454 g/mol. The highest BCUT2D eigenvalue weighted by molar-refractivity contribution is 6.33. The molecule has 1 heterocycles. The van der Waals surface area contributed by atoms with E-state index in [0.29, 0.717) is 26.8 Å². The van der Waals surface area contributed by atoms with Crippen molar-refractivity contribution in [2.45, 2.75) is 0 Å². The first-order valence-corrected chi connectivity index (χ1v) is 10.1. The second-order valence-electron chi connectivity index (χ2n) is 7.04. The summed E-state index contributed by atoms with van der Waals surface area (Å²) in [6.45, 7) is 0. The minimum Gasteiger partial charge on any atom is -0.452 e. The number of hydrogen-bond donors (Lipinski definition) is 0. The number of benzene rings is 3. The number of hydrogen-bond acceptors (Lipinski definition) is 5. The van der Waals surface area contributed by atoms with Gasteiger partial charge in [0.2, 0.25) is 11.2 Å². The van der Waals surface area contributed by atoms with E-state index < -0.39 is 11.4 Å². The van der Waals surface area contributed by atoms with Crippen molar-refractivity contribution >= 4 is 45.8 Å². The molecule has 7 heteroatoms. The van der Waals surface area contributed by atoms with Crippen molar-refractivity contribution in [3.05, 3.63) is 92.6 Å². The van der Waals surface area contributed by atoms with Crippen LogP contribution in [0.15, 0.2) is 75.9 Å². The van der Waals surface area contributed by atoms with Gasteiger partial charge in [-0.05, 0) is 54.6 Å². The van der Waals surface area contributed by atoms with Crippen LogP contribution in [0, 0.1) is 0 Å². The van der Waals surface area contributed by atoms with Gasteiger partial charge >= 0.3 is 5.97 Å². The topological polar surface area (TPSA) is 59.8 Å². The lowest BCUT2D eigenvalue weighted by Gasteiger charge is -2.13. The van der Waals surface area contributed by atoms with Crippen molar-refractivity contribution in [3.63, 3.8) is 0 Å². The summed E-state index contributed by atoms with van der Waals surface area (Å²) < 4.78 is 11.5. The lowest BCUT2D eigenvalue weighted by molar-refractivity contribution is 0.0731. The highest BCUT2D eigenvalue weighted by atomic mass is 35.5. The molecular weight excluding hydrogens is 437 g/mol. The SMILES string of the molecule is CN(C)c1ccc(C(=O)Oc2c(-c3ccccc3Cl)oc3ccc(Cl)cc3c2=O)cc1. The molecule has 0 unspecified atom stereocenters. The monoisotopic (exact) mass is 453 g/mol. The van der Waals surface area contributed by atoms with Crippen molar-refractivity contribution in [1.29, 1.82) is 0 Å².